The van der Waals surface area contributed by atoms with Crippen molar-refractivity contribution in [2.24, 2.45) is 17.4 Å². The van der Waals surface area contributed by atoms with Gasteiger partial charge in [-0.2, -0.15) is 0 Å². The maximum atomic E-state index is 12.1. The monoisotopic (exact) mass is 307 g/mol. The first kappa shape index (κ1) is 15.6. The van der Waals surface area contributed by atoms with Crippen molar-refractivity contribution in [1.29, 1.82) is 0 Å². The molecule has 0 radical (unpaired) electrons. The fraction of sp³-hybridized carbons (Fsp3) is 0.400. The van der Waals surface area contributed by atoms with Crippen molar-refractivity contribution in [2.75, 3.05) is 0 Å². The lowest BCUT2D eigenvalue weighted by molar-refractivity contribution is 0.0591. The van der Waals surface area contributed by atoms with Gasteiger partial charge >= 0.3 is 0 Å². The predicted molar refractivity (Wildman–Crippen MR) is 85.2 cm³/mol. The van der Waals surface area contributed by atoms with Crippen LogP contribution in [0.15, 0.2) is 30.6 Å². The number of thiophene rings is 1. The molecular weight excluding hydrogens is 286 g/mol. The Morgan fingerprint density at radius 3 is 2.62 bits per heavy atom. The van der Waals surface area contributed by atoms with E-state index in [0.29, 0.717) is 4.88 Å². The molecule has 1 atom stereocenters. The Hall–Kier alpha value is -1.79. The third-order valence-corrected chi connectivity index (χ3v) is 4.83. The van der Waals surface area contributed by atoms with Gasteiger partial charge in [-0.1, -0.05) is 12.8 Å². The largest absolute Gasteiger partial charge is 0.405 e. The first-order valence-electron chi connectivity index (χ1n) is 7.05. The van der Waals surface area contributed by atoms with Crippen LogP contribution in [0.25, 0.3) is 5.57 Å². The molecule has 5 nitrogen and oxygen atoms in total. The Kier molecular flexibility index (Phi) is 5.41. The zero-order valence-electron chi connectivity index (χ0n) is 11.8. The summed E-state index contributed by atoms with van der Waals surface area (Å²) in [5.74, 6) is -0.0770. The lowest BCUT2D eigenvalue weighted by Crippen LogP contribution is -2.38. The molecule has 0 spiro atoms. The Bertz CT molecular complexity index is 545. The molecule has 1 amide bonds. The highest BCUT2D eigenvalue weighted by Crippen LogP contribution is 2.28. The lowest BCUT2D eigenvalue weighted by atomic mass is 10.1. The summed E-state index contributed by atoms with van der Waals surface area (Å²) in [5.41, 5.74) is 11.7. The summed E-state index contributed by atoms with van der Waals surface area (Å²) in [4.78, 5) is 13.5. The Morgan fingerprint density at radius 1 is 1.33 bits per heavy atom. The highest BCUT2D eigenvalue weighted by atomic mass is 32.1. The number of nitrogens with one attached hydrogen (secondary N) is 1. The Labute approximate surface area is 128 Å². The zero-order chi connectivity index (χ0) is 15.2. The summed E-state index contributed by atoms with van der Waals surface area (Å²) in [6.07, 6.45) is 7.96. The summed E-state index contributed by atoms with van der Waals surface area (Å²) in [6, 6.07) is 3.55. The second-order valence-corrected chi connectivity index (χ2v) is 6.19. The third kappa shape index (κ3) is 3.86. The van der Waals surface area contributed by atoms with E-state index in [1.165, 1.54) is 23.7 Å². The van der Waals surface area contributed by atoms with Gasteiger partial charge in [-0.15, -0.1) is 11.3 Å². The number of aliphatic hydroxyl groups is 1. The minimum atomic E-state index is -0.765. The molecule has 6 heteroatoms. The standard InChI is InChI=1S/C15H21N3O2S/c16-8-7-11(9-17)12-5-6-13(21-12)15(20)18-14(19)10-3-1-2-4-10/h5-10,14,19H,1-4,16-17H2,(H,18,20)/b8-7-,11-9+. The van der Waals surface area contributed by atoms with Gasteiger partial charge in [-0.05, 0) is 37.3 Å². The molecule has 1 aliphatic carbocycles. The first-order valence-corrected chi connectivity index (χ1v) is 7.86. The molecule has 1 saturated carbocycles. The van der Waals surface area contributed by atoms with Crippen molar-refractivity contribution in [3.05, 3.63) is 40.4 Å². The van der Waals surface area contributed by atoms with E-state index in [4.69, 9.17) is 11.5 Å². The number of hydrogen-bond donors (Lipinski definition) is 4. The van der Waals surface area contributed by atoms with Crippen LogP contribution in [0.4, 0.5) is 0 Å². The SMILES string of the molecule is N/C=C\C(=C/N)c1ccc(C(=O)NC(O)C2CCCC2)s1. The van der Waals surface area contributed by atoms with E-state index in [1.54, 1.807) is 12.1 Å². The minimum absolute atomic E-state index is 0.174. The van der Waals surface area contributed by atoms with E-state index in [0.717, 1.165) is 36.1 Å². The smallest absolute Gasteiger partial charge is 0.263 e. The van der Waals surface area contributed by atoms with Gasteiger partial charge in [0, 0.05) is 22.6 Å². The molecule has 2 rings (SSSR count). The maximum absolute atomic E-state index is 12.1. The highest BCUT2D eigenvalue weighted by molar-refractivity contribution is 7.15. The molecule has 1 fully saturated rings. The molecule has 0 saturated heterocycles. The number of hydrogen-bond acceptors (Lipinski definition) is 5. The summed E-state index contributed by atoms with van der Waals surface area (Å²) in [5, 5.41) is 12.7. The molecule has 0 bridgehead atoms. The molecule has 1 unspecified atom stereocenters. The lowest BCUT2D eigenvalue weighted by Gasteiger charge is -2.18. The summed E-state index contributed by atoms with van der Waals surface area (Å²) >= 11 is 1.32. The zero-order valence-corrected chi connectivity index (χ0v) is 12.6. The molecule has 0 aliphatic heterocycles. The van der Waals surface area contributed by atoms with Gasteiger partial charge in [0.15, 0.2) is 0 Å². The number of aliphatic hydroxyl groups excluding tert-OH is 1. The number of carbonyl (C=O) groups is 1. The molecule has 1 aromatic rings. The van der Waals surface area contributed by atoms with Gasteiger partial charge in [0.05, 0.1) is 4.88 Å². The highest BCUT2D eigenvalue weighted by Gasteiger charge is 2.25. The van der Waals surface area contributed by atoms with Gasteiger partial charge in [-0.3, -0.25) is 4.79 Å². The molecule has 1 aliphatic rings. The summed E-state index contributed by atoms with van der Waals surface area (Å²) in [7, 11) is 0. The fourth-order valence-electron chi connectivity index (χ4n) is 2.53. The molecule has 21 heavy (non-hydrogen) atoms. The van der Waals surface area contributed by atoms with E-state index < -0.39 is 6.23 Å². The topological polar surface area (TPSA) is 101 Å². The average molecular weight is 307 g/mol. The number of amides is 1. The molecular formula is C15H21N3O2S. The van der Waals surface area contributed by atoms with Crippen LogP contribution in [0.5, 0.6) is 0 Å². The van der Waals surface area contributed by atoms with E-state index in [-0.39, 0.29) is 11.8 Å². The van der Waals surface area contributed by atoms with E-state index >= 15 is 0 Å². The Morgan fingerprint density at radius 2 is 2.00 bits per heavy atom. The van der Waals surface area contributed by atoms with Crippen LogP contribution in [0, 0.1) is 5.92 Å². The molecule has 1 aromatic heterocycles. The van der Waals surface area contributed by atoms with Crippen LogP contribution < -0.4 is 16.8 Å². The third-order valence-electron chi connectivity index (χ3n) is 3.69. The number of nitrogens with two attached hydrogens (primary N) is 2. The molecule has 114 valence electrons. The molecule has 0 aromatic carbocycles. The van der Waals surface area contributed by atoms with Crippen molar-refractivity contribution in [2.45, 2.75) is 31.9 Å². The van der Waals surface area contributed by atoms with E-state index in [1.807, 2.05) is 6.07 Å². The predicted octanol–water partition coefficient (Wildman–Crippen LogP) is 1.76. The number of allylic oxidation sites excluding steroid dienone is 2. The van der Waals surface area contributed by atoms with Crippen LogP contribution in [-0.4, -0.2) is 17.2 Å². The maximum Gasteiger partial charge on any atom is 0.263 e. The van der Waals surface area contributed by atoms with Gasteiger partial charge in [0.2, 0.25) is 0 Å². The Balaban J connectivity index is 2.01. The van der Waals surface area contributed by atoms with Crippen molar-refractivity contribution in [1.82, 2.24) is 5.32 Å². The van der Waals surface area contributed by atoms with Crippen molar-refractivity contribution < 1.29 is 9.90 Å². The first-order chi connectivity index (χ1) is 10.2. The second-order valence-electron chi connectivity index (χ2n) is 5.11. The van der Waals surface area contributed by atoms with Gasteiger partial charge in [0.25, 0.3) is 5.91 Å². The van der Waals surface area contributed by atoms with Gasteiger partial charge in [0.1, 0.15) is 6.23 Å². The van der Waals surface area contributed by atoms with Crippen LogP contribution in [0.3, 0.4) is 0 Å². The van der Waals surface area contributed by atoms with Gasteiger partial charge < -0.3 is 21.9 Å². The normalized spacial score (nSPS) is 18.2. The van der Waals surface area contributed by atoms with Gasteiger partial charge in [-0.25, -0.2) is 0 Å². The minimum Gasteiger partial charge on any atom is -0.405 e. The van der Waals surface area contributed by atoms with E-state index in [2.05, 4.69) is 5.32 Å². The summed E-state index contributed by atoms with van der Waals surface area (Å²) in [6.45, 7) is 0. The van der Waals surface area contributed by atoms with Crippen molar-refractivity contribution in [3.63, 3.8) is 0 Å². The molecule has 6 N–H and O–H groups in total. The summed E-state index contributed by atoms with van der Waals surface area (Å²) < 4.78 is 0. The van der Waals surface area contributed by atoms with Crippen LogP contribution >= 0.6 is 11.3 Å². The van der Waals surface area contributed by atoms with Crippen molar-refractivity contribution >= 4 is 22.8 Å². The van der Waals surface area contributed by atoms with Crippen LogP contribution in [-0.2, 0) is 0 Å². The van der Waals surface area contributed by atoms with Crippen molar-refractivity contribution in [3.8, 4) is 0 Å². The second kappa shape index (κ2) is 7.28. The van der Waals surface area contributed by atoms with Crippen LogP contribution in [0.2, 0.25) is 0 Å². The fourth-order valence-corrected chi connectivity index (χ4v) is 3.45. The van der Waals surface area contributed by atoms with Crippen LogP contribution in [0.1, 0.15) is 40.2 Å². The quantitative estimate of drug-likeness (QED) is 0.492. The average Bonchev–Trinajstić information content (AvgIpc) is 3.15. The number of carbonyl (C=O) groups excluding carboxylic acids is 1. The number of rotatable bonds is 5. The van der Waals surface area contributed by atoms with E-state index in [9.17, 15) is 9.90 Å². The molecule has 1 heterocycles.